The quantitative estimate of drug-likeness (QED) is 0.886. The Morgan fingerprint density at radius 1 is 1.47 bits per heavy atom. The predicted octanol–water partition coefficient (Wildman–Crippen LogP) is 3.57. The zero-order valence-electron chi connectivity index (χ0n) is 11.5. The maximum absolute atomic E-state index is 12.0. The summed E-state index contributed by atoms with van der Waals surface area (Å²) < 4.78 is 1.14. The number of hydrogen-bond donors (Lipinski definition) is 1. The second-order valence-electron chi connectivity index (χ2n) is 6.38. The molecule has 1 fully saturated rings. The first kappa shape index (κ1) is 13.2. The van der Waals surface area contributed by atoms with Crippen LogP contribution in [0.2, 0.25) is 0 Å². The van der Waals surface area contributed by atoms with Crippen LogP contribution in [0.15, 0.2) is 22.7 Å². The summed E-state index contributed by atoms with van der Waals surface area (Å²) in [5.74, 6) is 0.834. The van der Waals surface area contributed by atoms with Crippen LogP contribution in [0, 0.1) is 5.92 Å². The van der Waals surface area contributed by atoms with Gasteiger partial charge in [0.1, 0.15) is 0 Å². The maximum atomic E-state index is 12.0. The van der Waals surface area contributed by atoms with Gasteiger partial charge in [0.05, 0.1) is 0 Å². The van der Waals surface area contributed by atoms with Crippen LogP contribution in [0.5, 0.6) is 0 Å². The third kappa shape index (κ3) is 2.12. The van der Waals surface area contributed by atoms with Crippen molar-refractivity contribution < 1.29 is 4.79 Å². The van der Waals surface area contributed by atoms with Gasteiger partial charge in [-0.15, -0.1) is 0 Å². The van der Waals surface area contributed by atoms with E-state index in [1.165, 1.54) is 11.1 Å². The Bertz CT molecular complexity index is 525. The van der Waals surface area contributed by atoms with Crippen LogP contribution < -0.4 is 5.32 Å². The van der Waals surface area contributed by atoms with E-state index < -0.39 is 0 Å². The Morgan fingerprint density at radius 3 is 3.00 bits per heavy atom. The molecule has 1 saturated heterocycles. The molecule has 2 unspecified atom stereocenters. The highest BCUT2D eigenvalue weighted by molar-refractivity contribution is 9.10. The second kappa shape index (κ2) is 4.62. The molecular weight excluding hydrogens is 302 g/mol. The van der Waals surface area contributed by atoms with Crippen LogP contribution in [0.1, 0.15) is 44.2 Å². The summed E-state index contributed by atoms with van der Waals surface area (Å²) in [6.45, 7) is 4.46. The van der Waals surface area contributed by atoms with E-state index in [0.29, 0.717) is 18.4 Å². The van der Waals surface area contributed by atoms with Gasteiger partial charge in [-0.25, -0.2) is 0 Å². The van der Waals surface area contributed by atoms with Gasteiger partial charge in [0.15, 0.2) is 0 Å². The van der Waals surface area contributed by atoms with Gasteiger partial charge in [0, 0.05) is 22.4 Å². The number of benzene rings is 1. The Labute approximate surface area is 123 Å². The fraction of sp³-hybridized carbons (Fsp3) is 0.562. The van der Waals surface area contributed by atoms with Crippen LogP contribution in [0.3, 0.4) is 0 Å². The molecule has 3 heteroatoms. The SMILES string of the molecule is CC(C)CC1NC(=O)CC12CCc1cc(Br)ccc12. The minimum Gasteiger partial charge on any atom is -0.352 e. The van der Waals surface area contributed by atoms with Crippen LogP contribution in [0.4, 0.5) is 0 Å². The van der Waals surface area contributed by atoms with E-state index in [4.69, 9.17) is 0 Å². The van der Waals surface area contributed by atoms with Crippen molar-refractivity contribution in [2.24, 2.45) is 5.92 Å². The molecule has 1 aliphatic carbocycles. The van der Waals surface area contributed by atoms with Gasteiger partial charge in [0.2, 0.25) is 5.91 Å². The number of carbonyl (C=O) groups excluding carboxylic acids is 1. The Kier molecular flexibility index (Phi) is 3.20. The molecule has 1 amide bonds. The van der Waals surface area contributed by atoms with E-state index in [9.17, 15) is 4.79 Å². The monoisotopic (exact) mass is 321 g/mol. The highest BCUT2D eigenvalue weighted by Gasteiger charge is 2.51. The van der Waals surface area contributed by atoms with Crippen molar-refractivity contribution in [2.75, 3.05) is 0 Å². The number of hydrogen-bond acceptors (Lipinski definition) is 1. The molecule has 102 valence electrons. The number of aryl methyl sites for hydroxylation is 1. The Balaban J connectivity index is 2.02. The molecule has 0 aromatic heterocycles. The van der Waals surface area contributed by atoms with E-state index in [-0.39, 0.29) is 11.3 Å². The largest absolute Gasteiger partial charge is 0.352 e. The van der Waals surface area contributed by atoms with Crippen molar-refractivity contribution in [3.05, 3.63) is 33.8 Å². The summed E-state index contributed by atoms with van der Waals surface area (Å²) in [7, 11) is 0. The van der Waals surface area contributed by atoms with Crippen LogP contribution >= 0.6 is 15.9 Å². The van der Waals surface area contributed by atoms with Crippen molar-refractivity contribution in [1.82, 2.24) is 5.32 Å². The lowest BCUT2D eigenvalue weighted by molar-refractivity contribution is -0.119. The van der Waals surface area contributed by atoms with Gasteiger partial charge >= 0.3 is 0 Å². The molecule has 2 aliphatic rings. The second-order valence-corrected chi connectivity index (χ2v) is 7.30. The third-order valence-electron chi connectivity index (χ3n) is 4.63. The summed E-state index contributed by atoms with van der Waals surface area (Å²) >= 11 is 3.55. The summed E-state index contributed by atoms with van der Waals surface area (Å²) in [6.07, 6.45) is 3.94. The molecule has 0 bridgehead atoms. The molecule has 1 spiro atoms. The molecule has 2 nitrogen and oxygen atoms in total. The van der Waals surface area contributed by atoms with E-state index >= 15 is 0 Å². The van der Waals surface area contributed by atoms with Crippen LogP contribution in [0.25, 0.3) is 0 Å². The lowest BCUT2D eigenvalue weighted by atomic mass is 9.73. The van der Waals surface area contributed by atoms with Gasteiger partial charge in [-0.2, -0.15) is 0 Å². The van der Waals surface area contributed by atoms with E-state index in [1.807, 2.05) is 0 Å². The zero-order valence-corrected chi connectivity index (χ0v) is 13.1. The van der Waals surface area contributed by atoms with Crippen molar-refractivity contribution in [2.45, 2.75) is 51.0 Å². The first-order valence-corrected chi connectivity index (χ1v) is 7.89. The molecule has 1 aliphatic heterocycles. The number of rotatable bonds is 2. The predicted molar refractivity (Wildman–Crippen MR) is 80.1 cm³/mol. The van der Waals surface area contributed by atoms with Crippen molar-refractivity contribution in [3.63, 3.8) is 0 Å². The maximum Gasteiger partial charge on any atom is 0.221 e. The smallest absolute Gasteiger partial charge is 0.221 e. The van der Waals surface area contributed by atoms with Gasteiger partial charge in [-0.1, -0.05) is 35.8 Å². The lowest BCUT2D eigenvalue weighted by Crippen LogP contribution is -2.40. The normalized spacial score (nSPS) is 29.1. The molecule has 2 atom stereocenters. The van der Waals surface area contributed by atoms with E-state index in [2.05, 4.69) is 53.3 Å². The number of amides is 1. The molecular formula is C16H20BrNO. The number of carbonyl (C=O) groups is 1. The van der Waals surface area contributed by atoms with Gasteiger partial charge < -0.3 is 5.32 Å². The standard InChI is InChI=1S/C16H20BrNO/c1-10(2)7-14-16(9-15(19)18-14)6-5-11-8-12(17)3-4-13(11)16/h3-4,8,10,14H,5-7,9H2,1-2H3,(H,18,19). The molecule has 0 saturated carbocycles. The van der Waals surface area contributed by atoms with E-state index in [1.54, 1.807) is 0 Å². The fourth-order valence-corrected chi connectivity index (χ4v) is 4.25. The summed E-state index contributed by atoms with van der Waals surface area (Å²) in [5, 5.41) is 3.22. The summed E-state index contributed by atoms with van der Waals surface area (Å²) in [4.78, 5) is 12.0. The Hall–Kier alpha value is -0.830. The first-order valence-electron chi connectivity index (χ1n) is 7.09. The minimum absolute atomic E-state index is 0.0530. The highest BCUT2D eigenvalue weighted by Crippen LogP contribution is 2.48. The highest BCUT2D eigenvalue weighted by atomic mass is 79.9. The molecule has 1 N–H and O–H groups in total. The lowest BCUT2D eigenvalue weighted by Gasteiger charge is -2.32. The van der Waals surface area contributed by atoms with Crippen molar-refractivity contribution in [3.8, 4) is 0 Å². The summed E-state index contributed by atoms with van der Waals surface area (Å²) in [5.41, 5.74) is 2.87. The van der Waals surface area contributed by atoms with Crippen molar-refractivity contribution >= 4 is 21.8 Å². The molecule has 1 heterocycles. The molecule has 1 aromatic rings. The topological polar surface area (TPSA) is 29.1 Å². The molecule has 19 heavy (non-hydrogen) atoms. The fourth-order valence-electron chi connectivity index (χ4n) is 3.84. The average molecular weight is 322 g/mol. The Morgan fingerprint density at radius 2 is 2.26 bits per heavy atom. The van der Waals surface area contributed by atoms with Gasteiger partial charge in [-0.05, 0) is 48.4 Å². The first-order chi connectivity index (χ1) is 9.01. The van der Waals surface area contributed by atoms with Crippen molar-refractivity contribution in [1.29, 1.82) is 0 Å². The zero-order chi connectivity index (χ0) is 13.6. The van der Waals surface area contributed by atoms with Gasteiger partial charge in [-0.3, -0.25) is 4.79 Å². The molecule has 3 rings (SSSR count). The third-order valence-corrected chi connectivity index (χ3v) is 5.12. The minimum atomic E-state index is 0.0530. The van der Waals surface area contributed by atoms with E-state index in [0.717, 1.165) is 23.7 Å². The number of nitrogens with one attached hydrogen (secondary N) is 1. The average Bonchev–Trinajstić information content (AvgIpc) is 2.81. The molecule has 0 radical (unpaired) electrons. The van der Waals surface area contributed by atoms with Crippen LogP contribution in [-0.4, -0.2) is 11.9 Å². The number of halogens is 1. The molecule has 1 aromatic carbocycles. The summed E-state index contributed by atoms with van der Waals surface area (Å²) in [6, 6.07) is 6.86. The number of fused-ring (bicyclic) bond motifs is 2. The van der Waals surface area contributed by atoms with Crippen LogP contribution in [-0.2, 0) is 16.6 Å². The van der Waals surface area contributed by atoms with Gasteiger partial charge in [0.25, 0.3) is 0 Å².